The number of aldehydes is 1. The van der Waals surface area contributed by atoms with E-state index in [4.69, 9.17) is 16.3 Å². The van der Waals surface area contributed by atoms with E-state index in [0.29, 0.717) is 28.9 Å². The summed E-state index contributed by atoms with van der Waals surface area (Å²) in [5.74, 6) is 1.10. The van der Waals surface area contributed by atoms with E-state index in [1.165, 1.54) is 6.54 Å². The lowest BCUT2D eigenvalue weighted by molar-refractivity contribution is 0.111. The Morgan fingerprint density at radius 2 is 1.92 bits per heavy atom. The maximum atomic E-state index is 11.2. The van der Waals surface area contributed by atoms with Gasteiger partial charge >= 0.3 is 0 Å². The molecule has 0 fully saturated rings. The van der Waals surface area contributed by atoms with E-state index in [0.717, 1.165) is 53.8 Å². The minimum Gasteiger partial charge on any atom is -0.486 e. The first-order valence-electron chi connectivity index (χ1n) is 13.3. The molecule has 0 atom stereocenters. The molecule has 0 aliphatic heterocycles. The summed E-state index contributed by atoms with van der Waals surface area (Å²) in [5, 5.41) is 15.7. The molecular weight excluding hydrogens is 514 g/mol. The third-order valence-electron chi connectivity index (χ3n) is 5.89. The standard InChI is InChI=1S/C20H16ClN5O2.C7H18N2.C2H6/c1-12-17(10-27)25-16-9-23-26-20(19(12)16)24-13-5-6-18(15(21)8-13)28-11-14-4-2-3-7-22-14;1-4-9(5-2)7-6-8-3;1-2/h2-10,25H,11H2,1H3,(H,24,26);8H,4-7H2,1-3H3;1-2H3. The highest BCUT2D eigenvalue weighted by atomic mass is 35.5. The lowest BCUT2D eigenvalue weighted by Crippen LogP contribution is -2.30. The van der Waals surface area contributed by atoms with Gasteiger partial charge in [0.2, 0.25) is 0 Å². The zero-order valence-corrected chi connectivity index (χ0v) is 24.5. The van der Waals surface area contributed by atoms with Gasteiger partial charge in [0.25, 0.3) is 0 Å². The minimum absolute atomic E-state index is 0.329. The molecule has 10 heteroatoms. The van der Waals surface area contributed by atoms with E-state index in [2.05, 4.69) is 49.5 Å². The predicted molar refractivity (Wildman–Crippen MR) is 160 cm³/mol. The molecule has 0 saturated carbocycles. The van der Waals surface area contributed by atoms with Crippen molar-refractivity contribution in [2.45, 2.75) is 41.2 Å². The number of hydrogen-bond acceptors (Lipinski definition) is 8. The Kier molecular flexibility index (Phi) is 13.9. The first-order valence-corrected chi connectivity index (χ1v) is 13.6. The maximum absolute atomic E-state index is 11.2. The Bertz CT molecular complexity index is 1280. The summed E-state index contributed by atoms with van der Waals surface area (Å²) < 4.78 is 5.74. The number of carbonyl (C=O) groups excluding carboxylic acids is 1. The largest absolute Gasteiger partial charge is 0.486 e. The number of ether oxygens (including phenoxy) is 1. The fraction of sp³-hybridized carbons (Fsp3) is 0.379. The van der Waals surface area contributed by atoms with Crippen LogP contribution in [0.4, 0.5) is 11.5 Å². The molecule has 0 aliphatic rings. The fourth-order valence-electron chi connectivity index (χ4n) is 3.72. The number of anilines is 2. The first kappa shape index (κ1) is 31.7. The van der Waals surface area contributed by atoms with E-state index in [1.807, 2.05) is 52.1 Å². The van der Waals surface area contributed by atoms with Gasteiger partial charge < -0.3 is 25.3 Å². The third-order valence-corrected chi connectivity index (χ3v) is 6.18. The molecule has 4 rings (SSSR count). The van der Waals surface area contributed by atoms with Crippen molar-refractivity contribution in [3.8, 4) is 5.75 Å². The SMILES string of the molecule is CC.CCN(CC)CCNC.Cc1c(C=O)[nH]c2cnnc(Nc3ccc(OCc4ccccn4)c(Cl)c3)c12. The third kappa shape index (κ3) is 9.31. The number of aromatic nitrogens is 4. The topological polar surface area (TPSA) is 108 Å². The van der Waals surface area contributed by atoms with Gasteiger partial charge in [0.1, 0.15) is 12.4 Å². The van der Waals surface area contributed by atoms with Crippen LogP contribution in [0.1, 0.15) is 49.4 Å². The van der Waals surface area contributed by atoms with E-state index in [9.17, 15) is 4.79 Å². The van der Waals surface area contributed by atoms with Crippen LogP contribution in [0.2, 0.25) is 5.02 Å². The summed E-state index contributed by atoms with van der Waals surface area (Å²) in [7, 11) is 1.99. The molecule has 0 aliphatic carbocycles. The van der Waals surface area contributed by atoms with Gasteiger partial charge in [0.05, 0.1) is 28.1 Å². The van der Waals surface area contributed by atoms with Crippen molar-refractivity contribution in [2.24, 2.45) is 0 Å². The highest BCUT2D eigenvalue weighted by Crippen LogP contribution is 2.32. The minimum atomic E-state index is 0.329. The number of H-pyrrole nitrogens is 1. The Morgan fingerprint density at radius 3 is 2.54 bits per heavy atom. The first-order chi connectivity index (χ1) is 19.0. The summed E-state index contributed by atoms with van der Waals surface area (Å²) in [6, 6.07) is 11.0. The van der Waals surface area contributed by atoms with Crippen molar-refractivity contribution >= 4 is 40.3 Å². The van der Waals surface area contributed by atoms with Crippen molar-refractivity contribution in [3.63, 3.8) is 0 Å². The number of rotatable bonds is 11. The van der Waals surface area contributed by atoms with Crippen molar-refractivity contribution in [1.29, 1.82) is 0 Å². The highest BCUT2D eigenvalue weighted by Gasteiger charge is 2.14. The summed E-state index contributed by atoms with van der Waals surface area (Å²) in [5.41, 5.74) is 3.59. The van der Waals surface area contributed by atoms with Crippen molar-refractivity contribution in [1.82, 2.24) is 30.4 Å². The van der Waals surface area contributed by atoms with Crippen LogP contribution in [0, 0.1) is 6.92 Å². The number of nitrogens with one attached hydrogen (secondary N) is 3. The monoisotopic (exact) mass is 553 g/mol. The smallest absolute Gasteiger partial charge is 0.166 e. The second-order valence-corrected chi connectivity index (χ2v) is 8.68. The van der Waals surface area contributed by atoms with E-state index < -0.39 is 0 Å². The maximum Gasteiger partial charge on any atom is 0.166 e. The van der Waals surface area contributed by atoms with E-state index >= 15 is 0 Å². The number of aromatic amines is 1. The fourth-order valence-corrected chi connectivity index (χ4v) is 3.95. The molecule has 9 nitrogen and oxygen atoms in total. The molecule has 0 amide bonds. The number of halogens is 1. The van der Waals surface area contributed by atoms with Gasteiger partial charge in [-0.15, -0.1) is 5.10 Å². The van der Waals surface area contributed by atoms with Crippen LogP contribution in [0.25, 0.3) is 10.9 Å². The summed E-state index contributed by atoms with van der Waals surface area (Å²) >= 11 is 6.36. The molecule has 3 heterocycles. The van der Waals surface area contributed by atoms with Crippen LogP contribution < -0.4 is 15.4 Å². The molecule has 39 heavy (non-hydrogen) atoms. The number of benzene rings is 1. The normalized spacial score (nSPS) is 10.4. The Morgan fingerprint density at radius 1 is 1.15 bits per heavy atom. The lowest BCUT2D eigenvalue weighted by Gasteiger charge is -2.16. The molecule has 0 saturated heterocycles. The van der Waals surface area contributed by atoms with Crippen LogP contribution in [-0.4, -0.2) is 64.6 Å². The number of carbonyl (C=O) groups is 1. The second kappa shape index (κ2) is 17.1. The molecule has 0 unspecified atom stereocenters. The molecule has 0 radical (unpaired) electrons. The Balaban J connectivity index is 0.000000415. The van der Waals surface area contributed by atoms with Crippen LogP contribution in [0.3, 0.4) is 0 Å². The number of aryl methyl sites for hydroxylation is 1. The number of fused-ring (bicyclic) bond motifs is 1. The molecule has 0 spiro atoms. The van der Waals surface area contributed by atoms with Crippen LogP contribution in [-0.2, 0) is 6.61 Å². The van der Waals surface area contributed by atoms with Crippen LogP contribution in [0.5, 0.6) is 5.75 Å². The van der Waals surface area contributed by atoms with Crippen LogP contribution >= 0.6 is 11.6 Å². The molecule has 210 valence electrons. The number of hydrogen-bond donors (Lipinski definition) is 3. The van der Waals surface area contributed by atoms with Crippen molar-refractivity contribution in [3.05, 3.63) is 70.8 Å². The second-order valence-electron chi connectivity index (χ2n) is 8.27. The van der Waals surface area contributed by atoms with Gasteiger partial charge in [-0.3, -0.25) is 9.78 Å². The molecule has 1 aromatic carbocycles. The molecule has 4 aromatic rings. The predicted octanol–water partition coefficient (Wildman–Crippen LogP) is 6.02. The zero-order chi connectivity index (χ0) is 28.6. The average Bonchev–Trinajstić information content (AvgIpc) is 3.31. The molecule has 3 N–H and O–H groups in total. The summed E-state index contributed by atoms with van der Waals surface area (Å²) in [4.78, 5) is 20.8. The lowest BCUT2D eigenvalue weighted by atomic mass is 10.2. The van der Waals surface area contributed by atoms with Gasteiger partial charge in [-0.2, -0.15) is 5.10 Å². The quantitative estimate of drug-likeness (QED) is 0.193. The van der Waals surface area contributed by atoms with E-state index in [1.54, 1.807) is 24.5 Å². The van der Waals surface area contributed by atoms with Gasteiger partial charge in [0, 0.05) is 30.4 Å². The molecule has 0 bridgehead atoms. The Hall–Kier alpha value is -3.53. The molecular formula is C29H40ClN7O2. The summed E-state index contributed by atoms with van der Waals surface area (Å²) in [6.45, 7) is 15.2. The molecule has 3 aromatic heterocycles. The number of pyridine rings is 1. The van der Waals surface area contributed by atoms with Crippen LogP contribution in [0.15, 0.2) is 48.8 Å². The van der Waals surface area contributed by atoms with E-state index in [-0.39, 0.29) is 0 Å². The van der Waals surface area contributed by atoms with Gasteiger partial charge in [-0.25, -0.2) is 0 Å². The number of nitrogens with zero attached hydrogens (tertiary/aromatic N) is 4. The average molecular weight is 554 g/mol. The number of likely N-dealkylation sites (N-methyl/N-ethyl adjacent to an activating group) is 2. The van der Waals surface area contributed by atoms with Gasteiger partial charge in [-0.1, -0.05) is 45.4 Å². The van der Waals surface area contributed by atoms with Gasteiger partial charge in [0.15, 0.2) is 12.1 Å². The Labute approximate surface area is 236 Å². The summed E-state index contributed by atoms with van der Waals surface area (Å²) in [6.07, 6.45) is 4.08. The van der Waals surface area contributed by atoms with Crippen molar-refractivity contribution in [2.75, 3.05) is 38.5 Å². The van der Waals surface area contributed by atoms with Crippen molar-refractivity contribution < 1.29 is 9.53 Å². The highest BCUT2D eigenvalue weighted by molar-refractivity contribution is 6.32. The zero-order valence-electron chi connectivity index (χ0n) is 23.7. The van der Waals surface area contributed by atoms with Gasteiger partial charge in [-0.05, 0) is 63.0 Å².